The first kappa shape index (κ1) is 29.9. The maximum atomic E-state index is 2.54. The van der Waals surface area contributed by atoms with Gasteiger partial charge in [0.05, 0.1) is 16.7 Å². The van der Waals surface area contributed by atoms with Gasteiger partial charge in [0.15, 0.2) is 8.07 Å². The highest BCUT2D eigenvalue weighted by Crippen LogP contribution is 2.41. The Kier molecular flexibility index (Phi) is 7.57. The van der Waals surface area contributed by atoms with Gasteiger partial charge in [0.2, 0.25) is 0 Å². The Labute approximate surface area is 294 Å². The van der Waals surface area contributed by atoms with Gasteiger partial charge in [-0.25, -0.2) is 0 Å². The molecule has 50 heavy (non-hydrogen) atoms. The molecule has 1 aromatic heterocycles. The first-order chi connectivity index (χ1) is 24.9. The standard InChI is InChI=1S/C48H35NSi/c1-6-20-36(21-7-1)41-31-18-32-42(37-22-8-2-9-23-37)48(41)49-44-33-17-16-30-43(44)47-45(49)34-19-35-46(47)50(38-24-10-3-11-25-38,39-26-12-4-13-27-39)40-28-14-5-15-29-40/h1-35H. The summed E-state index contributed by atoms with van der Waals surface area (Å²) in [4.78, 5) is 0. The summed E-state index contributed by atoms with van der Waals surface area (Å²) in [5.41, 5.74) is 8.42. The van der Waals surface area contributed by atoms with Crippen LogP contribution in [0.3, 0.4) is 0 Å². The fourth-order valence-corrected chi connectivity index (χ4v) is 13.1. The minimum Gasteiger partial charge on any atom is -0.308 e. The molecule has 236 valence electrons. The van der Waals surface area contributed by atoms with E-state index in [-0.39, 0.29) is 0 Å². The summed E-state index contributed by atoms with van der Waals surface area (Å²) in [6.45, 7) is 0. The zero-order valence-electron chi connectivity index (χ0n) is 27.7. The lowest BCUT2D eigenvalue weighted by atomic mass is 9.95. The van der Waals surface area contributed by atoms with Crippen molar-refractivity contribution in [1.29, 1.82) is 0 Å². The summed E-state index contributed by atoms with van der Waals surface area (Å²) in [7, 11) is -2.84. The molecule has 0 atom stereocenters. The Balaban J connectivity index is 1.48. The van der Waals surface area contributed by atoms with Crippen molar-refractivity contribution >= 4 is 50.6 Å². The highest BCUT2D eigenvalue weighted by molar-refractivity contribution is 7.20. The molecule has 2 heteroatoms. The monoisotopic (exact) mass is 653 g/mol. The smallest absolute Gasteiger partial charge is 0.180 e. The molecule has 0 radical (unpaired) electrons. The van der Waals surface area contributed by atoms with E-state index in [9.17, 15) is 0 Å². The van der Waals surface area contributed by atoms with Gasteiger partial charge in [-0.15, -0.1) is 0 Å². The SMILES string of the molecule is c1ccc(-c2cccc(-c3ccccc3)c2-n2c3ccccc3c3c([Si](c4ccccc4)(c4ccccc4)c4ccccc4)cccc32)cc1. The summed E-state index contributed by atoms with van der Waals surface area (Å²) >= 11 is 0. The van der Waals surface area contributed by atoms with Gasteiger partial charge in [-0.05, 0) is 44.0 Å². The molecule has 9 aromatic rings. The minimum absolute atomic E-state index is 1.19. The van der Waals surface area contributed by atoms with Crippen molar-refractivity contribution in [2.75, 3.05) is 0 Å². The van der Waals surface area contributed by atoms with Crippen molar-refractivity contribution in [1.82, 2.24) is 4.57 Å². The second kappa shape index (κ2) is 12.7. The van der Waals surface area contributed by atoms with E-state index in [1.807, 2.05) is 0 Å². The number of fused-ring (bicyclic) bond motifs is 3. The number of para-hydroxylation sites is 2. The molecule has 0 aliphatic rings. The van der Waals surface area contributed by atoms with E-state index in [1.54, 1.807) is 0 Å². The van der Waals surface area contributed by atoms with E-state index in [0.717, 1.165) is 0 Å². The number of rotatable bonds is 7. The molecule has 0 spiro atoms. The molecule has 0 N–H and O–H groups in total. The molecule has 0 bridgehead atoms. The molecule has 0 fully saturated rings. The molecule has 0 aliphatic heterocycles. The zero-order chi connectivity index (χ0) is 33.3. The van der Waals surface area contributed by atoms with Gasteiger partial charge in [-0.1, -0.05) is 200 Å². The predicted molar refractivity (Wildman–Crippen MR) is 215 cm³/mol. The number of hydrogen-bond donors (Lipinski definition) is 0. The van der Waals surface area contributed by atoms with Crippen LogP contribution in [0.4, 0.5) is 0 Å². The Bertz CT molecular complexity index is 2400. The van der Waals surface area contributed by atoms with Crippen LogP contribution in [0, 0.1) is 0 Å². The largest absolute Gasteiger partial charge is 0.308 e. The van der Waals surface area contributed by atoms with Crippen molar-refractivity contribution in [3.63, 3.8) is 0 Å². The molecule has 9 rings (SSSR count). The predicted octanol–water partition coefficient (Wildman–Crippen LogP) is 9.50. The van der Waals surface area contributed by atoms with Crippen LogP contribution >= 0.6 is 0 Å². The normalized spacial score (nSPS) is 11.6. The lowest BCUT2D eigenvalue weighted by Crippen LogP contribution is -2.74. The van der Waals surface area contributed by atoms with Crippen LogP contribution in [-0.2, 0) is 0 Å². The third-order valence-electron chi connectivity index (χ3n) is 10.2. The van der Waals surface area contributed by atoms with Crippen LogP contribution in [0.1, 0.15) is 0 Å². The lowest BCUT2D eigenvalue weighted by molar-refractivity contribution is 1.18. The average Bonchev–Trinajstić information content (AvgIpc) is 3.54. The van der Waals surface area contributed by atoms with Crippen LogP contribution in [0.5, 0.6) is 0 Å². The molecule has 0 unspecified atom stereocenters. The van der Waals surface area contributed by atoms with Crippen molar-refractivity contribution in [3.05, 3.63) is 212 Å². The van der Waals surface area contributed by atoms with Gasteiger partial charge in [0.25, 0.3) is 0 Å². The second-order valence-electron chi connectivity index (χ2n) is 12.8. The van der Waals surface area contributed by atoms with Gasteiger partial charge in [-0.2, -0.15) is 0 Å². The van der Waals surface area contributed by atoms with E-state index in [1.165, 1.54) is 70.5 Å². The number of aromatic nitrogens is 1. The van der Waals surface area contributed by atoms with Crippen LogP contribution in [0.2, 0.25) is 0 Å². The molecule has 0 aliphatic carbocycles. The highest BCUT2D eigenvalue weighted by atomic mass is 28.3. The van der Waals surface area contributed by atoms with Crippen molar-refractivity contribution in [2.45, 2.75) is 0 Å². The minimum atomic E-state index is -2.84. The summed E-state index contributed by atoms with van der Waals surface area (Å²) in [6, 6.07) is 78.2. The van der Waals surface area contributed by atoms with Crippen LogP contribution in [0.15, 0.2) is 212 Å². The Morgan fingerprint density at radius 3 is 1.22 bits per heavy atom. The van der Waals surface area contributed by atoms with Gasteiger partial charge < -0.3 is 4.57 Å². The molecule has 1 heterocycles. The summed E-state index contributed by atoms with van der Waals surface area (Å²) in [6.07, 6.45) is 0. The van der Waals surface area contributed by atoms with Crippen molar-refractivity contribution < 1.29 is 0 Å². The van der Waals surface area contributed by atoms with Crippen LogP contribution < -0.4 is 20.7 Å². The molecule has 8 aromatic carbocycles. The fourth-order valence-electron chi connectivity index (χ4n) is 8.09. The number of benzene rings is 8. The summed E-state index contributed by atoms with van der Waals surface area (Å²) < 4.78 is 2.54. The summed E-state index contributed by atoms with van der Waals surface area (Å²) in [5, 5.41) is 8.09. The first-order valence-electron chi connectivity index (χ1n) is 17.3. The summed E-state index contributed by atoms with van der Waals surface area (Å²) in [5.74, 6) is 0. The molecular formula is C48H35NSi. The quantitative estimate of drug-likeness (QED) is 0.119. The van der Waals surface area contributed by atoms with Gasteiger partial charge in [0.1, 0.15) is 0 Å². The molecule has 0 saturated carbocycles. The lowest BCUT2D eigenvalue weighted by Gasteiger charge is -2.35. The van der Waals surface area contributed by atoms with E-state index in [2.05, 4.69) is 217 Å². The third kappa shape index (κ3) is 4.76. The number of hydrogen-bond acceptors (Lipinski definition) is 0. The van der Waals surface area contributed by atoms with Crippen LogP contribution in [0.25, 0.3) is 49.7 Å². The average molecular weight is 654 g/mol. The maximum absolute atomic E-state index is 2.84. The van der Waals surface area contributed by atoms with E-state index < -0.39 is 8.07 Å². The Morgan fingerprint density at radius 1 is 0.320 bits per heavy atom. The first-order valence-corrected chi connectivity index (χ1v) is 19.3. The van der Waals surface area contributed by atoms with E-state index >= 15 is 0 Å². The molecule has 0 amide bonds. The fraction of sp³-hybridized carbons (Fsp3) is 0. The molecule has 1 nitrogen and oxygen atoms in total. The van der Waals surface area contributed by atoms with Gasteiger partial charge in [-0.3, -0.25) is 0 Å². The third-order valence-corrected chi connectivity index (χ3v) is 15.0. The van der Waals surface area contributed by atoms with E-state index in [0.29, 0.717) is 0 Å². The molecule has 0 saturated heterocycles. The highest BCUT2D eigenvalue weighted by Gasteiger charge is 2.43. The Hall–Kier alpha value is -6.22. The van der Waals surface area contributed by atoms with Gasteiger partial charge >= 0.3 is 0 Å². The van der Waals surface area contributed by atoms with Gasteiger partial charge in [0, 0.05) is 21.9 Å². The zero-order valence-corrected chi connectivity index (χ0v) is 28.7. The van der Waals surface area contributed by atoms with E-state index in [4.69, 9.17) is 0 Å². The van der Waals surface area contributed by atoms with Crippen molar-refractivity contribution in [2.24, 2.45) is 0 Å². The maximum Gasteiger partial charge on any atom is 0.180 e. The molecular weight excluding hydrogens is 619 g/mol. The second-order valence-corrected chi connectivity index (χ2v) is 16.6. The number of nitrogens with zero attached hydrogens (tertiary/aromatic N) is 1. The topological polar surface area (TPSA) is 4.93 Å². The van der Waals surface area contributed by atoms with Crippen molar-refractivity contribution in [3.8, 4) is 27.9 Å². The van der Waals surface area contributed by atoms with Crippen LogP contribution in [-0.4, -0.2) is 12.6 Å². The Morgan fingerprint density at radius 2 is 0.720 bits per heavy atom.